The van der Waals surface area contributed by atoms with Gasteiger partial charge in [-0.05, 0) is 26.0 Å². The minimum Gasteiger partial charge on any atom is -0.479 e. The summed E-state index contributed by atoms with van der Waals surface area (Å²) in [6.07, 6.45) is -0.942. The Hall–Kier alpha value is -2.26. The monoisotopic (exact) mass is 295 g/mol. The van der Waals surface area contributed by atoms with Crippen LogP contribution in [0.2, 0.25) is 5.02 Å². The predicted octanol–water partition coefficient (Wildman–Crippen LogP) is 1.82. The molecule has 0 aliphatic carbocycles. The van der Waals surface area contributed by atoms with Crippen LogP contribution >= 0.6 is 11.6 Å². The molecule has 1 aromatic rings. The number of carbonyl (C=O) groups is 2. The quantitative estimate of drug-likeness (QED) is 0.886. The van der Waals surface area contributed by atoms with Crippen LogP contribution in [0.4, 0.5) is 4.79 Å². The number of nitrogens with zero attached hydrogens (tertiary/aromatic N) is 1. The maximum atomic E-state index is 11.7. The Balaban J connectivity index is 2.73. The summed E-state index contributed by atoms with van der Waals surface area (Å²) in [5.41, 5.74) is 0.257. The molecule has 0 radical (unpaired) electrons. The number of hydrogen-bond donors (Lipinski definition) is 2. The first-order valence-electron chi connectivity index (χ1n) is 5.93. The van der Waals surface area contributed by atoms with Gasteiger partial charge in [-0.1, -0.05) is 11.6 Å². The Morgan fingerprint density at radius 3 is 2.80 bits per heavy atom. The van der Waals surface area contributed by atoms with E-state index in [1.807, 2.05) is 6.07 Å². The average molecular weight is 296 g/mol. The highest BCUT2D eigenvalue weighted by molar-refractivity contribution is 6.30. The fourth-order valence-electron chi connectivity index (χ4n) is 1.35. The largest absolute Gasteiger partial charge is 0.479 e. The zero-order chi connectivity index (χ0) is 15.1. The highest BCUT2D eigenvalue weighted by Gasteiger charge is 2.18. The molecule has 1 aromatic carbocycles. The molecule has 1 rings (SSSR count). The Morgan fingerprint density at radius 1 is 1.50 bits per heavy atom. The van der Waals surface area contributed by atoms with Gasteiger partial charge in [0.15, 0.2) is 6.10 Å². The predicted molar refractivity (Wildman–Crippen MR) is 73.5 cm³/mol. The summed E-state index contributed by atoms with van der Waals surface area (Å²) in [7, 11) is 0. The van der Waals surface area contributed by atoms with Crippen LogP contribution in [0.1, 0.15) is 19.4 Å². The van der Waals surface area contributed by atoms with Crippen molar-refractivity contribution in [2.45, 2.75) is 20.0 Å². The molecule has 0 heterocycles. The van der Waals surface area contributed by atoms with Gasteiger partial charge in [-0.3, -0.25) is 10.1 Å². The van der Waals surface area contributed by atoms with Gasteiger partial charge in [-0.25, -0.2) is 4.79 Å². The van der Waals surface area contributed by atoms with Gasteiger partial charge >= 0.3 is 6.03 Å². The van der Waals surface area contributed by atoms with Gasteiger partial charge in [0.05, 0.1) is 5.56 Å². The molecule has 1 unspecified atom stereocenters. The highest BCUT2D eigenvalue weighted by atomic mass is 35.5. The number of hydrogen-bond acceptors (Lipinski definition) is 4. The van der Waals surface area contributed by atoms with Gasteiger partial charge in [-0.15, -0.1) is 0 Å². The number of rotatable bonds is 4. The van der Waals surface area contributed by atoms with Gasteiger partial charge in [0.2, 0.25) is 0 Å². The van der Waals surface area contributed by atoms with E-state index in [1.165, 1.54) is 19.1 Å². The Labute approximate surface area is 121 Å². The number of carbonyl (C=O) groups excluding carboxylic acids is 2. The first-order chi connectivity index (χ1) is 9.47. The number of nitriles is 1. The van der Waals surface area contributed by atoms with Gasteiger partial charge < -0.3 is 10.1 Å². The SMILES string of the molecule is CCNC(=O)NC(=O)C(C)Oc1cc(Cl)ccc1C#N. The van der Waals surface area contributed by atoms with Crippen LogP contribution in [0.3, 0.4) is 0 Å². The molecule has 3 amide bonds. The van der Waals surface area contributed by atoms with Crippen molar-refractivity contribution in [2.75, 3.05) is 6.54 Å². The van der Waals surface area contributed by atoms with Crippen molar-refractivity contribution in [3.05, 3.63) is 28.8 Å². The first kappa shape index (κ1) is 15.8. The second-order valence-corrected chi connectivity index (χ2v) is 4.30. The maximum Gasteiger partial charge on any atom is 0.321 e. The Kier molecular flexibility index (Phi) is 5.81. The van der Waals surface area contributed by atoms with E-state index in [2.05, 4.69) is 10.6 Å². The summed E-state index contributed by atoms with van der Waals surface area (Å²) in [6, 6.07) is 5.82. The molecule has 20 heavy (non-hydrogen) atoms. The van der Waals surface area contributed by atoms with Crippen LogP contribution in [0.5, 0.6) is 5.75 Å². The van der Waals surface area contributed by atoms with Crippen LogP contribution in [-0.2, 0) is 4.79 Å². The summed E-state index contributed by atoms with van der Waals surface area (Å²) in [5, 5.41) is 13.9. The zero-order valence-corrected chi connectivity index (χ0v) is 11.8. The zero-order valence-electron chi connectivity index (χ0n) is 11.1. The fraction of sp³-hybridized carbons (Fsp3) is 0.308. The maximum absolute atomic E-state index is 11.7. The lowest BCUT2D eigenvalue weighted by Crippen LogP contribution is -2.45. The van der Waals surface area contributed by atoms with E-state index >= 15 is 0 Å². The standard InChI is InChI=1S/C13H14ClN3O3/c1-3-16-13(19)17-12(18)8(2)20-11-6-10(14)5-4-9(11)7-15/h4-6,8H,3H2,1-2H3,(H2,16,17,18,19). The van der Waals surface area contributed by atoms with E-state index in [4.69, 9.17) is 21.6 Å². The number of nitrogens with one attached hydrogen (secondary N) is 2. The van der Waals surface area contributed by atoms with E-state index in [1.54, 1.807) is 13.0 Å². The molecular formula is C13H14ClN3O3. The van der Waals surface area contributed by atoms with Crippen molar-refractivity contribution in [3.8, 4) is 11.8 Å². The molecular weight excluding hydrogens is 282 g/mol. The summed E-state index contributed by atoms with van der Waals surface area (Å²) in [5.74, 6) is -0.418. The van der Waals surface area contributed by atoms with Crippen molar-refractivity contribution in [2.24, 2.45) is 0 Å². The van der Waals surface area contributed by atoms with Crippen molar-refractivity contribution in [1.29, 1.82) is 5.26 Å². The number of urea groups is 1. The smallest absolute Gasteiger partial charge is 0.321 e. The summed E-state index contributed by atoms with van der Waals surface area (Å²) >= 11 is 5.81. The second-order valence-electron chi connectivity index (χ2n) is 3.86. The van der Waals surface area contributed by atoms with E-state index in [9.17, 15) is 9.59 Å². The third-order valence-electron chi connectivity index (χ3n) is 2.31. The average Bonchev–Trinajstić information content (AvgIpc) is 2.39. The van der Waals surface area contributed by atoms with Crippen LogP contribution in [0.25, 0.3) is 0 Å². The Bertz CT molecular complexity index is 554. The molecule has 0 aliphatic heterocycles. The topological polar surface area (TPSA) is 91.2 Å². The van der Waals surface area contributed by atoms with E-state index in [0.717, 1.165) is 0 Å². The van der Waals surface area contributed by atoms with Crippen molar-refractivity contribution in [1.82, 2.24) is 10.6 Å². The molecule has 106 valence electrons. The minimum absolute atomic E-state index is 0.193. The number of amides is 3. The molecule has 0 saturated heterocycles. The fourth-order valence-corrected chi connectivity index (χ4v) is 1.51. The van der Waals surface area contributed by atoms with E-state index < -0.39 is 18.0 Å². The minimum atomic E-state index is -0.942. The molecule has 0 bridgehead atoms. The molecule has 2 N–H and O–H groups in total. The second kappa shape index (κ2) is 7.36. The van der Waals surface area contributed by atoms with Crippen molar-refractivity contribution < 1.29 is 14.3 Å². The van der Waals surface area contributed by atoms with Crippen molar-refractivity contribution >= 4 is 23.5 Å². The number of benzene rings is 1. The van der Waals surface area contributed by atoms with E-state index in [-0.39, 0.29) is 11.3 Å². The molecule has 1 atom stereocenters. The lowest BCUT2D eigenvalue weighted by atomic mass is 10.2. The molecule has 0 aromatic heterocycles. The van der Waals surface area contributed by atoms with E-state index in [0.29, 0.717) is 11.6 Å². The van der Waals surface area contributed by atoms with Gasteiger partial charge in [0.25, 0.3) is 5.91 Å². The third kappa shape index (κ3) is 4.44. The van der Waals surface area contributed by atoms with Gasteiger partial charge in [-0.2, -0.15) is 5.26 Å². The van der Waals surface area contributed by atoms with Gasteiger partial charge in [0.1, 0.15) is 11.8 Å². The number of imide groups is 1. The van der Waals surface area contributed by atoms with Crippen LogP contribution in [-0.4, -0.2) is 24.6 Å². The molecule has 6 nitrogen and oxygen atoms in total. The van der Waals surface area contributed by atoms with Crippen LogP contribution in [0, 0.1) is 11.3 Å². The summed E-state index contributed by atoms with van der Waals surface area (Å²) < 4.78 is 5.36. The van der Waals surface area contributed by atoms with Crippen LogP contribution < -0.4 is 15.4 Å². The van der Waals surface area contributed by atoms with Crippen molar-refractivity contribution in [3.63, 3.8) is 0 Å². The number of ether oxygens (including phenoxy) is 1. The van der Waals surface area contributed by atoms with Gasteiger partial charge in [0, 0.05) is 17.6 Å². The molecule has 7 heteroatoms. The van der Waals surface area contributed by atoms with Crippen LogP contribution in [0.15, 0.2) is 18.2 Å². The summed E-state index contributed by atoms with van der Waals surface area (Å²) in [6.45, 7) is 3.60. The molecule has 0 spiro atoms. The molecule has 0 saturated carbocycles. The number of halogens is 1. The highest BCUT2D eigenvalue weighted by Crippen LogP contribution is 2.23. The Morgan fingerprint density at radius 2 is 2.20 bits per heavy atom. The third-order valence-corrected chi connectivity index (χ3v) is 2.55. The lowest BCUT2D eigenvalue weighted by Gasteiger charge is -2.15. The molecule has 0 aliphatic rings. The summed E-state index contributed by atoms with van der Waals surface area (Å²) in [4.78, 5) is 22.9. The normalized spacial score (nSPS) is 11.1. The lowest BCUT2D eigenvalue weighted by molar-refractivity contribution is -0.126. The molecule has 0 fully saturated rings. The first-order valence-corrected chi connectivity index (χ1v) is 6.30.